The SMILES string of the molecule is C=CCOc1ccccc1/C=N/NC(=O)c1cc(Br)ccc1OC. The Labute approximate surface area is 149 Å². The molecular weight excluding hydrogens is 372 g/mol. The molecule has 0 radical (unpaired) electrons. The molecule has 0 aliphatic heterocycles. The second-order valence-electron chi connectivity index (χ2n) is 4.68. The lowest BCUT2D eigenvalue weighted by molar-refractivity contribution is 0.0952. The second kappa shape index (κ2) is 8.88. The highest BCUT2D eigenvalue weighted by atomic mass is 79.9. The molecular formula is C18H17BrN2O3. The van der Waals surface area contributed by atoms with Gasteiger partial charge in [-0.05, 0) is 30.3 Å². The van der Waals surface area contributed by atoms with Crippen LogP contribution >= 0.6 is 15.9 Å². The zero-order valence-corrected chi connectivity index (χ0v) is 14.7. The molecule has 1 N–H and O–H groups in total. The summed E-state index contributed by atoms with van der Waals surface area (Å²) in [4.78, 5) is 12.3. The summed E-state index contributed by atoms with van der Waals surface area (Å²) in [7, 11) is 1.51. The molecule has 0 aromatic heterocycles. The lowest BCUT2D eigenvalue weighted by Crippen LogP contribution is -2.18. The van der Waals surface area contributed by atoms with Crippen LogP contribution in [-0.2, 0) is 0 Å². The first kappa shape index (κ1) is 17.7. The molecule has 0 bridgehead atoms. The van der Waals surface area contributed by atoms with E-state index in [1.807, 2.05) is 24.3 Å². The van der Waals surface area contributed by atoms with Crippen molar-refractivity contribution < 1.29 is 14.3 Å². The highest BCUT2D eigenvalue weighted by molar-refractivity contribution is 9.10. The normalized spacial score (nSPS) is 10.4. The first-order valence-electron chi connectivity index (χ1n) is 7.15. The van der Waals surface area contributed by atoms with Gasteiger partial charge in [-0.3, -0.25) is 4.79 Å². The number of hydrazone groups is 1. The molecule has 2 rings (SSSR count). The van der Waals surface area contributed by atoms with E-state index in [4.69, 9.17) is 9.47 Å². The highest BCUT2D eigenvalue weighted by Gasteiger charge is 2.12. The minimum Gasteiger partial charge on any atom is -0.496 e. The summed E-state index contributed by atoms with van der Waals surface area (Å²) in [6.45, 7) is 4.01. The quantitative estimate of drug-likeness (QED) is 0.445. The van der Waals surface area contributed by atoms with Crippen LogP contribution in [-0.4, -0.2) is 25.8 Å². The van der Waals surface area contributed by atoms with Crippen LogP contribution in [0.4, 0.5) is 0 Å². The zero-order valence-electron chi connectivity index (χ0n) is 13.2. The summed E-state index contributed by atoms with van der Waals surface area (Å²) < 4.78 is 11.5. The van der Waals surface area contributed by atoms with Crippen molar-refractivity contribution in [3.63, 3.8) is 0 Å². The number of carbonyl (C=O) groups excluding carboxylic acids is 1. The number of methoxy groups -OCH3 is 1. The summed E-state index contributed by atoms with van der Waals surface area (Å²) in [6.07, 6.45) is 3.19. The van der Waals surface area contributed by atoms with Crippen LogP contribution < -0.4 is 14.9 Å². The van der Waals surface area contributed by atoms with E-state index in [0.717, 1.165) is 10.0 Å². The number of hydrogen-bond acceptors (Lipinski definition) is 4. The van der Waals surface area contributed by atoms with Crippen molar-refractivity contribution in [3.05, 3.63) is 70.7 Å². The van der Waals surface area contributed by atoms with Crippen molar-refractivity contribution in [1.82, 2.24) is 5.43 Å². The van der Waals surface area contributed by atoms with Gasteiger partial charge in [-0.15, -0.1) is 0 Å². The Bertz CT molecular complexity index is 760. The lowest BCUT2D eigenvalue weighted by Gasteiger charge is -2.08. The van der Waals surface area contributed by atoms with Crippen molar-refractivity contribution in [2.24, 2.45) is 5.10 Å². The van der Waals surface area contributed by atoms with Crippen molar-refractivity contribution in [3.8, 4) is 11.5 Å². The number of ether oxygens (including phenoxy) is 2. The van der Waals surface area contributed by atoms with Crippen molar-refractivity contribution >= 4 is 28.1 Å². The third-order valence-electron chi connectivity index (χ3n) is 3.05. The number of nitrogens with one attached hydrogen (secondary N) is 1. The van der Waals surface area contributed by atoms with Crippen LogP contribution in [0.2, 0.25) is 0 Å². The second-order valence-corrected chi connectivity index (χ2v) is 5.60. The van der Waals surface area contributed by atoms with Gasteiger partial charge in [-0.2, -0.15) is 5.10 Å². The molecule has 0 aliphatic rings. The molecule has 0 atom stereocenters. The Kier molecular flexibility index (Phi) is 6.57. The Hall–Kier alpha value is -2.60. The van der Waals surface area contributed by atoms with Gasteiger partial charge >= 0.3 is 0 Å². The fourth-order valence-electron chi connectivity index (χ4n) is 1.95. The van der Waals surface area contributed by atoms with Crippen molar-refractivity contribution in [1.29, 1.82) is 0 Å². The number of nitrogens with zero attached hydrogens (tertiary/aromatic N) is 1. The average Bonchev–Trinajstić information content (AvgIpc) is 2.60. The van der Waals surface area contributed by atoms with E-state index in [-0.39, 0.29) is 5.91 Å². The number of rotatable bonds is 7. The number of benzene rings is 2. The van der Waals surface area contributed by atoms with Crippen LogP contribution in [0, 0.1) is 0 Å². The predicted molar refractivity (Wildman–Crippen MR) is 97.9 cm³/mol. The van der Waals surface area contributed by atoms with Gasteiger partial charge in [0.25, 0.3) is 5.91 Å². The molecule has 2 aromatic carbocycles. The molecule has 0 saturated carbocycles. The average molecular weight is 389 g/mol. The number of para-hydroxylation sites is 1. The molecule has 2 aromatic rings. The number of carbonyl (C=O) groups is 1. The van der Waals surface area contributed by atoms with Gasteiger partial charge in [0.05, 0.1) is 18.9 Å². The van der Waals surface area contributed by atoms with Crippen LogP contribution in [0.25, 0.3) is 0 Å². The summed E-state index contributed by atoms with van der Waals surface area (Å²) in [6, 6.07) is 12.6. The van der Waals surface area contributed by atoms with E-state index in [1.165, 1.54) is 13.3 Å². The summed E-state index contributed by atoms with van der Waals surface area (Å²) in [5.41, 5.74) is 3.63. The van der Waals surface area contributed by atoms with Gasteiger partial charge in [-0.25, -0.2) is 5.43 Å². The maximum atomic E-state index is 12.3. The van der Waals surface area contributed by atoms with Crippen molar-refractivity contribution in [2.45, 2.75) is 0 Å². The van der Waals surface area contributed by atoms with Crippen LogP contribution in [0.5, 0.6) is 11.5 Å². The molecule has 5 nitrogen and oxygen atoms in total. The molecule has 24 heavy (non-hydrogen) atoms. The number of amides is 1. The monoisotopic (exact) mass is 388 g/mol. The van der Waals surface area contributed by atoms with E-state index in [2.05, 4.69) is 33.0 Å². The molecule has 0 unspecified atom stereocenters. The molecule has 124 valence electrons. The van der Waals surface area contributed by atoms with Crippen molar-refractivity contribution in [2.75, 3.05) is 13.7 Å². The van der Waals surface area contributed by atoms with E-state index in [0.29, 0.717) is 23.7 Å². The minimum atomic E-state index is -0.367. The lowest BCUT2D eigenvalue weighted by atomic mass is 10.2. The molecule has 0 spiro atoms. The van der Waals surface area contributed by atoms with Gasteiger partial charge in [0.2, 0.25) is 0 Å². The first-order chi connectivity index (χ1) is 11.7. The van der Waals surface area contributed by atoms with Crippen LogP contribution in [0.15, 0.2) is 64.7 Å². The summed E-state index contributed by atoms with van der Waals surface area (Å²) >= 11 is 3.33. The predicted octanol–water partition coefficient (Wildman–Crippen LogP) is 3.79. The fourth-order valence-corrected chi connectivity index (χ4v) is 2.31. The van der Waals surface area contributed by atoms with Gasteiger partial charge in [0.15, 0.2) is 0 Å². The molecule has 0 heterocycles. The van der Waals surface area contributed by atoms with E-state index in [9.17, 15) is 4.79 Å². The third-order valence-corrected chi connectivity index (χ3v) is 3.54. The van der Waals surface area contributed by atoms with Gasteiger partial charge in [0.1, 0.15) is 18.1 Å². The standard InChI is InChI=1S/C18H17BrN2O3/c1-3-10-24-16-7-5-4-6-13(16)12-20-21-18(22)15-11-14(19)8-9-17(15)23-2/h3-9,11-12H,1,10H2,2H3,(H,21,22)/b20-12+. The topological polar surface area (TPSA) is 59.9 Å². The third kappa shape index (κ3) is 4.70. The molecule has 0 fully saturated rings. The Balaban J connectivity index is 2.11. The largest absolute Gasteiger partial charge is 0.496 e. The Morgan fingerprint density at radius 2 is 2.08 bits per heavy atom. The van der Waals surface area contributed by atoms with E-state index >= 15 is 0 Å². The fraction of sp³-hybridized carbons (Fsp3) is 0.111. The summed E-state index contributed by atoms with van der Waals surface area (Å²) in [5, 5.41) is 3.99. The number of halogens is 1. The van der Waals surface area contributed by atoms with Crippen LogP contribution in [0.1, 0.15) is 15.9 Å². The maximum Gasteiger partial charge on any atom is 0.275 e. The highest BCUT2D eigenvalue weighted by Crippen LogP contribution is 2.22. The zero-order chi connectivity index (χ0) is 17.4. The maximum absolute atomic E-state index is 12.3. The Morgan fingerprint density at radius 3 is 2.83 bits per heavy atom. The van der Waals surface area contributed by atoms with E-state index < -0.39 is 0 Å². The number of hydrogen-bond donors (Lipinski definition) is 1. The Morgan fingerprint density at radius 1 is 1.29 bits per heavy atom. The molecule has 0 aliphatic carbocycles. The smallest absolute Gasteiger partial charge is 0.275 e. The summed E-state index contributed by atoms with van der Waals surface area (Å²) in [5.74, 6) is 0.768. The first-order valence-corrected chi connectivity index (χ1v) is 7.94. The van der Waals surface area contributed by atoms with Crippen LogP contribution in [0.3, 0.4) is 0 Å². The molecule has 6 heteroatoms. The van der Waals surface area contributed by atoms with E-state index in [1.54, 1.807) is 24.3 Å². The molecule has 1 amide bonds. The minimum absolute atomic E-state index is 0.367. The van der Waals surface area contributed by atoms with Gasteiger partial charge in [-0.1, -0.05) is 40.7 Å². The molecule has 0 saturated heterocycles. The van der Waals surface area contributed by atoms with Gasteiger partial charge < -0.3 is 9.47 Å². The van der Waals surface area contributed by atoms with Gasteiger partial charge in [0, 0.05) is 10.0 Å².